The molecule has 68 valence electrons. The highest BCUT2D eigenvalue weighted by Crippen LogP contribution is 2.27. The number of carbonyl (C=O) groups excluding carboxylic acids is 1. The van der Waals surface area contributed by atoms with E-state index in [4.69, 9.17) is 0 Å². The lowest BCUT2D eigenvalue weighted by molar-refractivity contribution is 0.0922. The number of nitrogens with zero attached hydrogens (tertiary/aromatic N) is 2. The van der Waals surface area contributed by atoms with Crippen LogP contribution >= 0.6 is 0 Å². The van der Waals surface area contributed by atoms with E-state index in [1.54, 1.807) is 18.5 Å². The highest BCUT2D eigenvalue weighted by Gasteiger charge is 2.23. The van der Waals surface area contributed by atoms with Crippen molar-refractivity contribution in [2.24, 2.45) is 5.92 Å². The number of Topliss-reactive ketones (excluding diaryl/α,β-unsaturated/α-hetero) is 1. The van der Waals surface area contributed by atoms with Gasteiger partial charge in [0.1, 0.15) is 0 Å². The van der Waals surface area contributed by atoms with Gasteiger partial charge in [-0.25, -0.2) is 0 Å². The Bertz CT molecular complexity index is 291. The van der Waals surface area contributed by atoms with E-state index < -0.39 is 0 Å². The Morgan fingerprint density at radius 1 is 1.31 bits per heavy atom. The van der Waals surface area contributed by atoms with Crippen molar-refractivity contribution in [2.75, 3.05) is 0 Å². The van der Waals surface area contributed by atoms with E-state index in [-0.39, 0.29) is 11.7 Å². The number of hydrogen-bond donors (Lipinski definition) is 0. The van der Waals surface area contributed by atoms with Gasteiger partial charge < -0.3 is 0 Å². The Labute approximate surface area is 77.2 Å². The third-order valence-corrected chi connectivity index (χ3v) is 2.59. The SMILES string of the molecule is O=C(c1ccnnc1)C1CCCC1. The van der Waals surface area contributed by atoms with Crippen molar-refractivity contribution < 1.29 is 4.79 Å². The molecule has 3 nitrogen and oxygen atoms in total. The molecule has 0 amide bonds. The Morgan fingerprint density at radius 3 is 2.69 bits per heavy atom. The number of rotatable bonds is 2. The molecular formula is C10H12N2O. The number of carbonyl (C=O) groups is 1. The molecule has 0 aromatic carbocycles. The molecule has 3 heteroatoms. The molecule has 1 aromatic rings. The van der Waals surface area contributed by atoms with E-state index in [0.29, 0.717) is 5.56 Å². The fraction of sp³-hybridized carbons (Fsp3) is 0.500. The molecule has 1 aliphatic rings. The van der Waals surface area contributed by atoms with E-state index in [2.05, 4.69) is 10.2 Å². The molecule has 0 atom stereocenters. The third kappa shape index (κ3) is 1.74. The van der Waals surface area contributed by atoms with Crippen LogP contribution in [0.1, 0.15) is 36.0 Å². The molecule has 0 N–H and O–H groups in total. The second-order valence-electron chi connectivity index (χ2n) is 3.48. The van der Waals surface area contributed by atoms with Crippen molar-refractivity contribution in [1.29, 1.82) is 0 Å². The number of hydrogen-bond acceptors (Lipinski definition) is 3. The lowest BCUT2D eigenvalue weighted by Gasteiger charge is -2.05. The van der Waals surface area contributed by atoms with E-state index in [1.807, 2.05) is 0 Å². The molecule has 0 bridgehead atoms. The van der Waals surface area contributed by atoms with Gasteiger partial charge in [-0.1, -0.05) is 12.8 Å². The summed E-state index contributed by atoms with van der Waals surface area (Å²) in [5.74, 6) is 0.483. The van der Waals surface area contributed by atoms with E-state index in [1.165, 1.54) is 12.8 Å². The second kappa shape index (κ2) is 3.64. The summed E-state index contributed by atoms with van der Waals surface area (Å²) in [6.07, 6.45) is 7.59. The summed E-state index contributed by atoms with van der Waals surface area (Å²) in [6, 6.07) is 1.74. The second-order valence-corrected chi connectivity index (χ2v) is 3.48. The molecule has 1 saturated carbocycles. The van der Waals surface area contributed by atoms with Crippen molar-refractivity contribution in [3.63, 3.8) is 0 Å². The topological polar surface area (TPSA) is 42.9 Å². The minimum Gasteiger partial charge on any atom is -0.294 e. The summed E-state index contributed by atoms with van der Waals surface area (Å²) in [5.41, 5.74) is 0.710. The van der Waals surface area contributed by atoms with Crippen LogP contribution in [0.2, 0.25) is 0 Å². The van der Waals surface area contributed by atoms with Crippen LogP contribution in [-0.4, -0.2) is 16.0 Å². The predicted octanol–water partition coefficient (Wildman–Crippen LogP) is 1.85. The number of ketones is 1. The largest absolute Gasteiger partial charge is 0.294 e. The Hall–Kier alpha value is -1.25. The number of aromatic nitrogens is 2. The zero-order valence-electron chi connectivity index (χ0n) is 7.44. The van der Waals surface area contributed by atoms with E-state index in [9.17, 15) is 4.79 Å². The van der Waals surface area contributed by atoms with E-state index >= 15 is 0 Å². The van der Waals surface area contributed by atoms with Gasteiger partial charge in [0.05, 0.1) is 12.4 Å². The molecule has 1 aliphatic carbocycles. The maximum Gasteiger partial charge on any atom is 0.167 e. The van der Waals surface area contributed by atoms with Gasteiger partial charge in [-0.05, 0) is 18.9 Å². The van der Waals surface area contributed by atoms with Gasteiger partial charge in [0.15, 0.2) is 5.78 Å². The van der Waals surface area contributed by atoms with Crippen LogP contribution in [0.5, 0.6) is 0 Å². The average Bonchev–Trinajstić information content (AvgIpc) is 2.71. The van der Waals surface area contributed by atoms with Crippen LogP contribution in [0.25, 0.3) is 0 Å². The van der Waals surface area contributed by atoms with Gasteiger partial charge in [-0.15, -0.1) is 0 Å². The first-order valence-corrected chi connectivity index (χ1v) is 4.69. The highest BCUT2D eigenvalue weighted by atomic mass is 16.1. The fourth-order valence-corrected chi connectivity index (χ4v) is 1.86. The molecule has 0 unspecified atom stereocenters. The molecule has 0 radical (unpaired) electrons. The third-order valence-electron chi connectivity index (χ3n) is 2.59. The lowest BCUT2D eigenvalue weighted by Crippen LogP contribution is -2.11. The standard InChI is InChI=1S/C10H12N2O/c13-10(8-3-1-2-4-8)9-5-6-11-12-7-9/h5-8H,1-4H2. The van der Waals surface area contributed by atoms with Gasteiger partial charge in [-0.3, -0.25) is 4.79 Å². The quantitative estimate of drug-likeness (QED) is 0.646. The first kappa shape index (κ1) is 8.35. The smallest absolute Gasteiger partial charge is 0.167 e. The molecular weight excluding hydrogens is 164 g/mol. The molecule has 0 aliphatic heterocycles. The van der Waals surface area contributed by atoms with Crippen LogP contribution in [0.4, 0.5) is 0 Å². The van der Waals surface area contributed by atoms with Crippen LogP contribution in [0, 0.1) is 5.92 Å². The molecule has 0 spiro atoms. The first-order valence-electron chi connectivity index (χ1n) is 4.69. The Balaban J connectivity index is 2.13. The van der Waals surface area contributed by atoms with E-state index in [0.717, 1.165) is 12.8 Å². The van der Waals surface area contributed by atoms with Crippen LogP contribution in [-0.2, 0) is 0 Å². The van der Waals surface area contributed by atoms with Crippen molar-refractivity contribution in [3.05, 3.63) is 24.0 Å². The normalized spacial score (nSPS) is 17.5. The Morgan fingerprint density at radius 2 is 2.08 bits per heavy atom. The van der Waals surface area contributed by atoms with Gasteiger partial charge in [0.2, 0.25) is 0 Å². The predicted molar refractivity (Wildman–Crippen MR) is 48.3 cm³/mol. The minimum absolute atomic E-state index is 0.240. The lowest BCUT2D eigenvalue weighted by atomic mass is 9.98. The molecule has 1 heterocycles. The summed E-state index contributed by atoms with van der Waals surface area (Å²) < 4.78 is 0. The fourth-order valence-electron chi connectivity index (χ4n) is 1.86. The molecule has 1 fully saturated rings. The Kier molecular flexibility index (Phi) is 2.34. The minimum atomic E-state index is 0.240. The average molecular weight is 176 g/mol. The van der Waals surface area contributed by atoms with Crippen molar-refractivity contribution >= 4 is 5.78 Å². The maximum atomic E-state index is 11.8. The summed E-state index contributed by atoms with van der Waals surface area (Å²) in [4.78, 5) is 11.8. The molecule has 13 heavy (non-hydrogen) atoms. The van der Waals surface area contributed by atoms with Crippen LogP contribution in [0.3, 0.4) is 0 Å². The zero-order chi connectivity index (χ0) is 9.10. The van der Waals surface area contributed by atoms with Crippen molar-refractivity contribution in [1.82, 2.24) is 10.2 Å². The van der Waals surface area contributed by atoms with Gasteiger partial charge in [-0.2, -0.15) is 10.2 Å². The molecule has 0 saturated heterocycles. The van der Waals surface area contributed by atoms with Gasteiger partial charge in [0, 0.05) is 11.5 Å². The van der Waals surface area contributed by atoms with Crippen LogP contribution < -0.4 is 0 Å². The first-order chi connectivity index (χ1) is 6.38. The summed E-state index contributed by atoms with van der Waals surface area (Å²) >= 11 is 0. The summed E-state index contributed by atoms with van der Waals surface area (Å²) in [5, 5.41) is 7.36. The zero-order valence-corrected chi connectivity index (χ0v) is 7.44. The summed E-state index contributed by atoms with van der Waals surface area (Å²) in [6.45, 7) is 0. The molecule has 1 aromatic heterocycles. The van der Waals surface area contributed by atoms with Crippen molar-refractivity contribution in [2.45, 2.75) is 25.7 Å². The maximum absolute atomic E-state index is 11.8. The van der Waals surface area contributed by atoms with Gasteiger partial charge in [0.25, 0.3) is 0 Å². The van der Waals surface area contributed by atoms with Crippen LogP contribution in [0.15, 0.2) is 18.5 Å². The van der Waals surface area contributed by atoms with Crippen molar-refractivity contribution in [3.8, 4) is 0 Å². The summed E-state index contributed by atoms with van der Waals surface area (Å²) in [7, 11) is 0. The monoisotopic (exact) mass is 176 g/mol. The molecule has 2 rings (SSSR count). The van der Waals surface area contributed by atoms with Gasteiger partial charge >= 0.3 is 0 Å². The highest BCUT2D eigenvalue weighted by molar-refractivity contribution is 5.97.